The third kappa shape index (κ3) is 4.04. The number of carbonyl (C=O) groups is 1. The van der Waals surface area contributed by atoms with E-state index in [4.69, 9.17) is 19.2 Å². The molecule has 8 heteroatoms. The minimum absolute atomic E-state index is 0.0230. The van der Waals surface area contributed by atoms with Gasteiger partial charge < -0.3 is 24.0 Å². The zero-order valence-electron chi connectivity index (χ0n) is 18.0. The van der Waals surface area contributed by atoms with Gasteiger partial charge in [-0.05, 0) is 30.2 Å². The van der Waals surface area contributed by atoms with Crippen LogP contribution in [-0.2, 0) is 22.6 Å². The lowest BCUT2D eigenvalue weighted by Gasteiger charge is -2.34. The van der Waals surface area contributed by atoms with Crippen molar-refractivity contribution in [3.05, 3.63) is 41.2 Å². The maximum atomic E-state index is 12.6. The van der Waals surface area contributed by atoms with Crippen molar-refractivity contribution in [1.82, 2.24) is 14.9 Å². The molecular weight excluding hydrogens is 396 g/mol. The molecule has 8 nitrogen and oxygen atoms in total. The number of methoxy groups -OCH3 is 1. The Morgan fingerprint density at radius 1 is 1.19 bits per heavy atom. The van der Waals surface area contributed by atoms with Crippen LogP contribution in [0.4, 0.5) is 5.82 Å². The SMILES string of the molecule is COc1ccc(OC2CCN(c3nc4c(cc3C)CN(C(=O)C3COC3)C4)CC2)cn1. The van der Waals surface area contributed by atoms with Crippen molar-refractivity contribution in [1.29, 1.82) is 0 Å². The quantitative estimate of drug-likeness (QED) is 0.729. The Labute approximate surface area is 182 Å². The molecule has 5 heterocycles. The first-order valence-corrected chi connectivity index (χ1v) is 10.9. The van der Waals surface area contributed by atoms with E-state index < -0.39 is 0 Å². The van der Waals surface area contributed by atoms with Crippen LogP contribution in [0.15, 0.2) is 24.4 Å². The third-order valence-electron chi connectivity index (χ3n) is 6.32. The van der Waals surface area contributed by atoms with Crippen molar-refractivity contribution < 1.29 is 19.0 Å². The largest absolute Gasteiger partial charge is 0.489 e. The van der Waals surface area contributed by atoms with Gasteiger partial charge in [0.25, 0.3) is 0 Å². The van der Waals surface area contributed by atoms with E-state index >= 15 is 0 Å². The highest BCUT2D eigenvalue weighted by molar-refractivity contribution is 5.80. The maximum absolute atomic E-state index is 12.6. The number of hydrogen-bond acceptors (Lipinski definition) is 7. The van der Waals surface area contributed by atoms with Crippen molar-refractivity contribution in [3.8, 4) is 11.6 Å². The van der Waals surface area contributed by atoms with E-state index in [0.29, 0.717) is 32.2 Å². The van der Waals surface area contributed by atoms with Crippen LogP contribution in [0.1, 0.15) is 29.7 Å². The Bertz CT molecular complexity index is 953. The fourth-order valence-corrected chi connectivity index (χ4v) is 4.46. The lowest BCUT2D eigenvalue weighted by atomic mass is 10.1. The van der Waals surface area contributed by atoms with Crippen molar-refractivity contribution in [2.24, 2.45) is 5.92 Å². The summed E-state index contributed by atoms with van der Waals surface area (Å²) in [4.78, 5) is 26.0. The van der Waals surface area contributed by atoms with E-state index in [1.165, 1.54) is 11.1 Å². The minimum Gasteiger partial charge on any atom is -0.489 e. The zero-order chi connectivity index (χ0) is 21.4. The molecule has 0 radical (unpaired) electrons. The molecule has 0 aliphatic carbocycles. The van der Waals surface area contributed by atoms with Gasteiger partial charge in [-0.2, -0.15) is 0 Å². The van der Waals surface area contributed by atoms with Gasteiger partial charge in [0.1, 0.15) is 17.7 Å². The molecule has 2 aromatic heterocycles. The lowest BCUT2D eigenvalue weighted by Crippen LogP contribution is -2.42. The van der Waals surface area contributed by atoms with E-state index in [1.54, 1.807) is 13.3 Å². The highest BCUT2D eigenvalue weighted by Crippen LogP contribution is 2.31. The number of aromatic nitrogens is 2. The number of carbonyl (C=O) groups excluding carboxylic acids is 1. The van der Waals surface area contributed by atoms with Crippen LogP contribution in [0.25, 0.3) is 0 Å². The van der Waals surface area contributed by atoms with Crippen LogP contribution in [-0.4, -0.2) is 60.3 Å². The molecule has 0 aromatic carbocycles. The summed E-state index contributed by atoms with van der Waals surface area (Å²) in [6.07, 6.45) is 3.73. The number of piperidine rings is 1. The second-order valence-corrected chi connectivity index (χ2v) is 8.50. The van der Waals surface area contributed by atoms with Crippen molar-refractivity contribution in [3.63, 3.8) is 0 Å². The average Bonchev–Trinajstić information content (AvgIpc) is 3.16. The second-order valence-electron chi connectivity index (χ2n) is 8.50. The Hall–Kier alpha value is -2.87. The maximum Gasteiger partial charge on any atom is 0.231 e. The fourth-order valence-electron chi connectivity index (χ4n) is 4.46. The molecule has 3 aliphatic heterocycles. The van der Waals surface area contributed by atoms with Crippen LogP contribution < -0.4 is 14.4 Å². The van der Waals surface area contributed by atoms with Gasteiger partial charge in [-0.3, -0.25) is 4.79 Å². The summed E-state index contributed by atoms with van der Waals surface area (Å²) in [5.41, 5.74) is 3.36. The molecule has 0 saturated carbocycles. The number of fused-ring (bicyclic) bond motifs is 1. The van der Waals surface area contributed by atoms with Crippen LogP contribution in [0.5, 0.6) is 11.6 Å². The van der Waals surface area contributed by atoms with E-state index in [1.807, 2.05) is 17.0 Å². The number of amides is 1. The minimum atomic E-state index is 0.0230. The lowest BCUT2D eigenvalue weighted by molar-refractivity contribution is -0.150. The molecule has 164 valence electrons. The zero-order valence-corrected chi connectivity index (χ0v) is 18.0. The number of hydrogen-bond donors (Lipinski definition) is 0. The molecule has 2 fully saturated rings. The van der Waals surface area contributed by atoms with E-state index in [2.05, 4.69) is 22.9 Å². The monoisotopic (exact) mass is 424 g/mol. The molecule has 1 amide bonds. The number of nitrogens with zero attached hydrogens (tertiary/aromatic N) is 4. The Balaban J connectivity index is 1.20. The number of aryl methyl sites for hydroxylation is 1. The molecule has 31 heavy (non-hydrogen) atoms. The molecule has 5 rings (SSSR count). The molecule has 3 aliphatic rings. The highest BCUT2D eigenvalue weighted by atomic mass is 16.5. The van der Waals surface area contributed by atoms with Gasteiger partial charge in [-0.15, -0.1) is 0 Å². The van der Waals surface area contributed by atoms with E-state index in [9.17, 15) is 4.79 Å². The van der Waals surface area contributed by atoms with Crippen molar-refractivity contribution >= 4 is 11.7 Å². The summed E-state index contributed by atoms with van der Waals surface area (Å²) in [5.74, 6) is 2.60. The number of anilines is 1. The predicted molar refractivity (Wildman–Crippen MR) is 114 cm³/mol. The highest BCUT2D eigenvalue weighted by Gasteiger charge is 2.34. The molecular formula is C23H28N4O4. The van der Waals surface area contributed by atoms with Crippen LogP contribution in [0.2, 0.25) is 0 Å². The van der Waals surface area contributed by atoms with Gasteiger partial charge in [0.15, 0.2) is 0 Å². The molecule has 0 N–H and O–H groups in total. The first kappa shape index (κ1) is 20.1. The summed E-state index contributed by atoms with van der Waals surface area (Å²) in [6, 6.07) is 5.91. The van der Waals surface area contributed by atoms with Gasteiger partial charge in [-0.25, -0.2) is 9.97 Å². The Morgan fingerprint density at radius 3 is 2.65 bits per heavy atom. The number of rotatable bonds is 5. The topological polar surface area (TPSA) is 77.0 Å². The summed E-state index contributed by atoms with van der Waals surface area (Å²) < 4.78 is 16.4. The fraction of sp³-hybridized carbons (Fsp3) is 0.522. The second kappa shape index (κ2) is 8.34. The van der Waals surface area contributed by atoms with Gasteiger partial charge in [-0.1, -0.05) is 0 Å². The van der Waals surface area contributed by atoms with Gasteiger partial charge in [0.05, 0.1) is 44.7 Å². The van der Waals surface area contributed by atoms with E-state index in [-0.39, 0.29) is 17.9 Å². The summed E-state index contributed by atoms with van der Waals surface area (Å²) in [6.45, 7) is 6.25. The standard InChI is InChI=1S/C23H28N4O4/c1-15-9-16-11-27(23(28)17-13-30-14-17)12-20(16)25-22(15)26-7-5-18(6-8-26)31-19-3-4-21(29-2)24-10-19/h3-4,9-10,17-18H,5-8,11-14H2,1-2H3. The molecule has 0 spiro atoms. The summed E-state index contributed by atoms with van der Waals surface area (Å²) >= 11 is 0. The third-order valence-corrected chi connectivity index (χ3v) is 6.32. The van der Waals surface area contributed by atoms with Crippen molar-refractivity contribution in [2.75, 3.05) is 38.3 Å². The molecule has 0 atom stereocenters. The number of pyridine rings is 2. The van der Waals surface area contributed by atoms with Crippen molar-refractivity contribution in [2.45, 2.75) is 39.0 Å². The van der Waals surface area contributed by atoms with Crippen LogP contribution in [0.3, 0.4) is 0 Å². The average molecular weight is 425 g/mol. The summed E-state index contributed by atoms with van der Waals surface area (Å²) in [7, 11) is 1.60. The number of ether oxygens (including phenoxy) is 3. The summed E-state index contributed by atoms with van der Waals surface area (Å²) in [5, 5.41) is 0. The Morgan fingerprint density at radius 2 is 2.00 bits per heavy atom. The van der Waals surface area contributed by atoms with Gasteiger partial charge in [0, 0.05) is 38.5 Å². The first-order valence-electron chi connectivity index (χ1n) is 10.9. The molecule has 2 saturated heterocycles. The van der Waals surface area contributed by atoms with Gasteiger partial charge in [0.2, 0.25) is 11.8 Å². The van der Waals surface area contributed by atoms with Gasteiger partial charge >= 0.3 is 0 Å². The molecule has 0 unspecified atom stereocenters. The predicted octanol–water partition coefficient (Wildman–Crippen LogP) is 2.33. The Kier molecular flexibility index (Phi) is 5.40. The smallest absolute Gasteiger partial charge is 0.231 e. The van der Waals surface area contributed by atoms with Crippen LogP contribution >= 0.6 is 0 Å². The van der Waals surface area contributed by atoms with E-state index in [0.717, 1.165) is 43.2 Å². The normalized spacial score (nSPS) is 19.2. The first-order chi connectivity index (χ1) is 15.1. The van der Waals surface area contributed by atoms with Crippen LogP contribution in [0, 0.1) is 12.8 Å². The molecule has 0 bridgehead atoms. The molecule has 2 aromatic rings.